The molecule has 0 radical (unpaired) electrons. The van der Waals surface area contributed by atoms with Crippen molar-refractivity contribution in [3.05, 3.63) is 111 Å². The number of rotatable bonds is 10. The highest BCUT2D eigenvalue weighted by atomic mass is 35.5. The molecule has 4 fully saturated rings. The molecule has 0 spiro atoms. The van der Waals surface area contributed by atoms with E-state index in [0.717, 1.165) is 97.9 Å². The van der Waals surface area contributed by atoms with Gasteiger partial charge in [-0.1, -0.05) is 37.6 Å². The molecule has 0 aliphatic carbocycles. The Balaban J connectivity index is 0.734. The van der Waals surface area contributed by atoms with Crippen molar-refractivity contribution in [2.75, 3.05) is 62.2 Å². The van der Waals surface area contributed by atoms with Gasteiger partial charge in [-0.25, -0.2) is 9.97 Å². The average molecular weight is 828 g/mol. The molecule has 2 atom stereocenters. The summed E-state index contributed by atoms with van der Waals surface area (Å²) in [7, 11) is 0. The quantitative estimate of drug-likeness (QED) is 0.226. The van der Waals surface area contributed by atoms with E-state index in [1.807, 2.05) is 48.5 Å². The Morgan fingerprint density at radius 1 is 0.817 bits per heavy atom. The number of amides is 4. The highest BCUT2D eigenvalue weighted by Gasteiger charge is 2.45. The second kappa shape index (κ2) is 15.9. The molecule has 4 saturated heterocycles. The zero-order valence-electron chi connectivity index (χ0n) is 33.6. The molecule has 1 aromatic heterocycles. The third-order valence-electron chi connectivity index (χ3n) is 12.9. The molecule has 9 rings (SSSR count). The zero-order chi connectivity index (χ0) is 41.7. The maximum Gasteiger partial charge on any atom is 0.262 e. The SMILES string of the molecule is CC(C)(c1ccc(OCc2ccnc(N3CCN(C4CCN(C5CN(c6ccc7c(c6)C(=O)N(C6CCC(=O)NC6=O)C7=O)C5)C4)CC3)n2)cc1)c1cc(Cl)cc(C#N)c1. The summed E-state index contributed by atoms with van der Waals surface area (Å²) in [5, 5.41) is 12.2. The Hall–Kier alpha value is -5.88. The largest absolute Gasteiger partial charge is 0.487 e. The zero-order valence-corrected chi connectivity index (χ0v) is 34.4. The number of halogens is 1. The Morgan fingerprint density at radius 3 is 2.33 bits per heavy atom. The van der Waals surface area contributed by atoms with Gasteiger partial charge in [0, 0.05) is 93.2 Å². The van der Waals surface area contributed by atoms with Crippen LogP contribution in [0, 0.1) is 11.3 Å². The van der Waals surface area contributed by atoms with Crippen molar-refractivity contribution in [3.63, 3.8) is 0 Å². The molecule has 14 nitrogen and oxygen atoms in total. The van der Waals surface area contributed by atoms with E-state index in [-0.39, 0.29) is 24.2 Å². The molecule has 308 valence electrons. The van der Waals surface area contributed by atoms with E-state index in [9.17, 15) is 24.4 Å². The number of piperidine rings is 1. The number of imide groups is 2. The smallest absolute Gasteiger partial charge is 0.262 e. The van der Waals surface area contributed by atoms with Crippen LogP contribution in [-0.2, 0) is 21.6 Å². The molecule has 4 amide bonds. The summed E-state index contributed by atoms with van der Waals surface area (Å²) < 4.78 is 6.14. The normalized spacial score (nSPS) is 21.5. The van der Waals surface area contributed by atoms with Crippen LogP contribution in [0.5, 0.6) is 5.75 Å². The number of aromatic nitrogens is 2. The first kappa shape index (κ1) is 39.6. The monoisotopic (exact) mass is 827 g/mol. The molecule has 5 aliphatic heterocycles. The number of hydrogen-bond acceptors (Lipinski definition) is 12. The van der Waals surface area contributed by atoms with Crippen molar-refractivity contribution in [3.8, 4) is 11.8 Å². The van der Waals surface area contributed by atoms with Gasteiger partial charge in [-0.3, -0.25) is 39.2 Å². The summed E-state index contributed by atoms with van der Waals surface area (Å²) in [6.07, 6.45) is 3.15. The average Bonchev–Trinajstić information content (AvgIpc) is 3.81. The molecule has 6 heterocycles. The predicted octanol–water partition coefficient (Wildman–Crippen LogP) is 4.39. The molecule has 2 unspecified atom stereocenters. The number of hydrogen-bond donors (Lipinski definition) is 1. The van der Waals surface area contributed by atoms with Gasteiger partial charge in [0.05, 0.1) is 28.5 Å². The lowest BCUT2D eigenvalue weighted by Gasteiger charge is -2.46. The lowest BCUT2D eigenvalue weighted by molar-refractivity contribution is -0.136. The first-order chi connectivity index (χ1) is 28.9. The van der Waals surface area contributed by atoms with Gasteiger partial charge in [0.15, 0.2) is 0 Å². The third kappa shape index (κ3) is 7.57. The van der Waals surface area contributed by atoms with Crippen LogP contribution in [0.25, 0.3) is 0 Å². The summed E-state index contributed by atoms with van der Waals surface area (Å²) in [5.74, 6) is -0.502. The molecule has 60 heavy (non-hydrogen) atoms. The molecule has 4 aromatic rings. The summed E-state index contributed by atoms with van der Waals surface area (Å²) in [5.41, 5.74) is 4.55. The fourth-order valence-electron chi connectivity index (χ4n) is 9.16. The Bertz CT molecular complexity index is 2400. The van der Waals surface area contributed by atoms with Crippen LogP contribution in [-0.4, -0.2) is 119 Å². The number of nitrogens with one attached hydrogen (secondary N) is 1. The second-order valence-corrected chi connectivity index (χ2v) is 17.3. The van der Waals surface area contributed by atoms with E-state index in [2.05, 4.69) is 49.8 Å². The molecule has 0 saturated carbocycles. The Kier molecular flexibility index (Phi) is 10.5. The van der Waals surface area contributed by atoms with Crippen LogP contribution in [0.2, 0.25) is 5.02 Å². The topological polar surface area (TPSA) is 155 Å². The van der Waals surface area contributed by atoms with E-state index < -0.39 is 23.8 Å². The number of anilines is 2. The fourth-order valence-corrected chi connectivity index (χ4v) is 9.40. The number of carbonyl (C=O) groups is 4. The Labute approximate surface area is 353 Å². The Morgan fingerprint density at radius 2 is 1.58 bits per heavy atom. The number of carbonyl (C=O) groups excluding carboxylic acids is 4. The number of nitriles is 1. The van der Waals surface area contributed by atoms with Crippen LogP contribution in [0.4, 0.5) is 11.6 Å². The van der Waals surface area contributed by atoms with Gasteiger partial charge >= 0.3 is 0 Å². The second-order valence-electron chi connectivity index (χ2n) is 16.8. The molecule has 3 aromatic carbocycles. The minimum atomic E-state index is -0.970. The maximum atomic E-state index is 13.3. The molecular weight excluding hydrogens is 782 g/mol. The standard InChI is InChI=1S/C45H46ClN9O5/c1-45(2,30-19-28(23-47)20-31(46)21-30)29-3-6-36(7-4-29)60-27-32-11-13-48-44(49-32)52-17-15-51(16-18-52)34-12-14-53(24-34)35-25-54(26-35)33-5-8-37-38(22-33)43(59)55(42(37)58)39-9-10-40(56)50-41(39)57/h3-8,11,13,19-22,34-35,39H,9-10,12,14-18,24-27H2,1-2H3,(H,50,56,57). The molecule has 1 N–H and O–H groups in total. The highest BCUT2D eigenvalue weighted by molar-refractivity contribution is 6.30. The predicted molar refractivity (Wildman–Crippen MR) is 224 cm³/mol. The van der Waals surface area contributed by atoms with Gasteiger partial charge in [-0.2, -0.15) is 5.26 Å². The van der Waals surface area contributed by atoms with Gasteiger partial charge in [0.2, 0.25) is 17.8 Å². The summed E-state index contributed by atoms with van der Waals surface area (Å²) in [4.78, 5) is 70.7. The number of piperazine rings is 1. The minimum absolute atomic E-state index is 0.0942. The van der Waals surface area contributed by atoms with Crippen LogP contribution >= 0.6 is 11.6 Å². The minimum Gasteiger partial charge on any atom is -0.487 e. The highest BCUT2D eigenvalue weighted by Crippen LogP contribution is 2.36. The third-order valence-corrected chi connectivity index (χ3v) is 13.1. The lowest BCUT2D eigenvalue weighted by Crippen LogP contribution is -2.59. The molecular formula is C45H46ClN9O5. The molecule has 5 aliphatic rings. The number of likely N-dealkylation sites (tertiary alicyclic amines) is 1. The van der Waals surface area contributed by atoms with Crippen molar-refractivity contribution < 1.29 is 23.9 Å². The maximum absolute atomic E-state index is 13.3. The first-order valence-corrected chi connectivity index (χ1v) is 20.9. The fraction of sp³-hybridized carbons (Fsp3) is 0.400. The van der Waals surface area contributed by atoms with Gasteiger partial charge in [-0.05, 0) is 78.6 Å². The first-order valence-electron chi connectivity index (χ1n) is 20.6. The van der Waals surface area contributed by atoms with Gasteiger partial charge in [0.25, 0.3) is 11.8 Å². The number of nitrogens with zero attached hydrogens (tertiary/aromatic N) is 8. The van der Waals surface area contributed by atoms with Gasteiger partial charge < -0.3 is 14.5 Å². The van der Waals surface area contributed by atoms with Gasteiger partial charge in [0.1, 0.15) is 18.4 Å². The van der Waals surface area contributed by atoms with Crippen molar-refractivity contribution in [2.24, 2.45) is 0 Å². The van der Waals surface area contributed by atoms with Crippen molar-refractivity contribution in [1.82, 2.24) is 30.0 Å². The number of ether oxygens (including phenoxy) is 1. The molecule has 15 heteroatoms. The van der Waals surface area contributed by atoms with Crippen molar-refractivity contribution in [2.45, 2.75) is 63.3 Å². The van der Waals surface area contributed by atoms with Crippen LogP contribution in [0.15, 0.2) is 72.9 Å². The summed E-state index contributed by atoms with van der Waals surface area (Å²) in [6.45, 7) is 11.9. The van der Waals surface area contributed by atoms with E-state index >= 15 is 0 Å². The summed E-state index contributed by atoms with van der Waals surface area (Å²) in [6, 6.07) is 22.8. The van der Waals surface area contributed by atoms with Crippen LogP contribution < -0.4 is 19.9 Å². The van der Waals surface area contributed by atoms with E-state index in [1.54, 1.807) is 24.4 Å². The van der Waals surface area contributed by atoms with Crippen LogP contribution in [0.1, 0.15) is 76.2 Å². The summed E-state index contributed by atoms with van der Waals surface area (Å²) >= 11 is 6.30. The van der Waals surface area contributed by atoms with Crippen LogP contribution in [0.3, 0.4) is 0 Å². The van der Waals surface area contributed by atoms with Gasteiger partial charge in [-0.15, -0.1) is 0 Å². The lowest BCUT2D eigenvalue weighted by atomic mass is 9.78. The number of benzene rings is 3. The van der Waals surface area contributed by atoms with E-state index in [0.29, 0.717) is 40.4 Å². The number of fused-ring (bicyclic) bond motifs is 1. The van der Waals surface area contributed by atoms with Crippen molar-refractivity contribution in [1.29, 1.82) is 5.26 Å². The van der Waals surface area contributed by atoms with E-state index in [4.69, 9.17) is 21.3 Å². The molecule has 0 bridgehead atoms. The van der Waals surface area contributed by atoms with Crippen molar-refractivity contribution >= 4 is 46.9 Å². The van der Waals surface area contributed by atoms with E-state index in [1.165, 1.54) is 0 Å².